The first-order chi connectivity index (χ1) is 12.1. The number of furan rings is 1. The first kappa shape index (κ1) is 17.2. The molecule has 1 saturated heterocycles. The van der Waals surface area contributed by atoms with Crippen LogP contribution in [0.25, 0.3) is 0 Å². The van der Waals surface area contributed by atoms with E-state index in [1.54, 1.807) is 32.0 Å². The van der Waals surface area contributed by atoms with Gasteiger partial charge in [0.25, 0.3) is 5.91 Å². The fourth-order valence-electron chi connectivity index (χ4n) is 2.67. The van der Waals surface area contributed by atoms with Crippen molar-refractivity contribution < 1.29 is 18.3 Å². The van der Waals surface area contributed by atoms with Crippen LogP contribution in [0.4, 0.5) is 10.1 Å². The van der Waals surface area contributed by atoms with E-state index >= 15 is 0 Å². The summed E-state index contributed by atoms with van der Waals surface area (Å²) in [4.78, 5) is 14.0. The van der Waals surface area contributed by atoms with Crippen molar-refractivity contribution in [3.63, 3.8) is 0 Å². The minimum Gasteiger partial charge on any atom is -0.469 e. The lowest BCUT2D eigenvalue weighted by Crippen LogP contribution is -2.36. The van der Waals surface area contributed by atoms with Gasteiger partial charge >= 0.3 is 0 Å². The Morgan fingerprint density at radius 1 is 1.28 bits per heavy atom. The van der Waals surface area contributed by atoms with E-state index < -0.39 is 0 Å². The van der Waals surface area contributed by atoms with E-state index in [9.17, 15) is 9.18 Å². The Kier molecular flexibility index (Phi) is 5.14. The van der Waals surface area contributed by atoms with Crippen LogP contribution in [0.2, 0.25) is 0 Å². The van der Waals surface area contributed by atoms with Crippen LogP contribution in [0, 0.1) is 12.7 Å². The second-order valence-electron chi connectivity index (χ2n) is 5.79. The Morgan fingerprint density at radius 3 is 2.68 bits per heavy atom. The summed E-state index contributed by atoms with van der Waals surface area (Å²) in [6, 6.07) is 6.53. The molecule has 1 aromatic heterocycles. The lowest BCUT2D eigenvalue weighted by molar-refractivity contribution is 0.0953. The molecule has 0 aliphatic carbocycles. The summed E-state index contributed by atoms with van der Waals surface area (Å²) < 4.78 is 24.8. The van der Waals surface area contributed by atoms with E-state index in [4.69, 9.17) is 9.15 Å². The van der Waals surface area contributed by atoms with Crippen molar-refractivity contribution in [2.45, 2.75) is 13.8 Å². The second-order valence-corrected chi connectivity index (χ2v) is 5.79. The number of halogens is 1. The number of rotatable bonds is 4. The highest BCUT2D eigenvalue weighted by Gasteiger charge is 2.16. The Balaban J connectivity index is 1.71. The predicted octanol–water partition coefficient (Wildman–Crippen LogP) is 2.72. The van der Waals surface area contributed by atoms with Crippen LogP contribution < -0.4 is 10.3 Å². The number of nitrogens with zero attached hydrogens (tertiary/aromatic N) is 2. The summed E-state index contributed by atoms with van der Waals surface area (Å²) in [6.45, 7) is 5.95. The molecule has 25 heavy (non-hydrogen) atoms. The average Bonchev–Trinajstić information content (AvgIpc) is 3.06. The number of nitrogens with one attached hydrogen (secondary N) is 1. The molecule has 7 heteroatoms. The van der Waals surface area contributed by atoms with Crippen molar-refractivity contribution in [2.75, 3.05) is 31.2 Å². The second kappa shape index (κ2) is 7.48. The number of morpholine rings is 1. The Morgan fingerprint density at radius 2 is 2.04 bits per heavy atom. The van der Waals surface area contributed by atoms with Gasteiger partial charge in [0.2, 0.25) is 0 Å². The number of hydrogen-bond acceptors (Lipinski definition) is 5. The van der Waals surface area contributed by atoms with Gasteiger partial charge in [-0.25, -0.2) is 9.82 Å². The quantitative estimate of drug-likeness (QED) is 0.683. The number of carbonyl (C=O) groups excluding carboxylic acids is 1. The Labute approximate surface area is 145 Å². The normalized spacial score (nSPS) is 15.3. The Hall–Kier alpha value is -2.67. The average molecular weight is 345 g/mol. The SMILES string of the molecule is CC(=NNC(=O)c1ccoc1C)c1ccc(N2CCOCC2)c(F)c1. The number of hydrogen-bond donors (Lipinski definition) is 1. The first-order valence-electron chi connectivity index (χ1n) is 8.07. The molecule has 0 saturated carbocycles. The lowest BCUT2D eigenvalue weighted by atomic mass is 10.1. The molecule has 0 bridgehead atoms. The van der Waals surface area contributed by atoms with Crippen LogP contribution in [-0.4, -0.2) is 37.9 Å². The fraction of sp³-hybridized carbons (Fsp3) is 0.333. The van der Waals surface area contributed by atoms with Gasteiger partial charge in [-0.2, -0.15) is 5.10 Å². The van der Waals surface area contributed by atoms with Gasteiger partial charge in [0.1, 0.15) is 11.6 Å². The van der Waals surface area contributed by atoms with Gasteiger partial charge in [-0.3, -0.25) is 4.79 Å². The third-order valence-electron chi connectivity index (χ3n) is 4.15. The molecule has 1 aliphatic heterocycles. The van der Waals surface area contributed by atoms with E-state index in [2.05, 4.69) is 10.5 Å². The van der Waals surface area contributed by atoms with E-state index in [-0.39, 0.29) is 11.7 Å². The zero-order valence-electron chi connectivity index (χ0n) is 14.2. The molecule has 1 N–H and O–H groups in total. The molecule has 0 unspecified atom stereocenters. The van der Waals surface area contributed by atoms with Gasteiger partial charge in [-0.15, -0.1) is 0 Å². The number of carbonyl (C=O) groups is 1. The van der Waals surface area contributed by atoms with Crippen LogP contribution in [0.15, 0.2) is 40.0 Å². The van der Waals surface area contributed by atoms with Crippen molar-refractivity contribution >= 4 is 17.3 Å². The van der Waals surface area contributed by atoms with Gasteiger partial charge in [-0.05, 0) is 32.0 Å². The van der Waals surface area contributed by atoms with Gasteiger partial charge in [-0.1, -0.05) is 6.07 Å². The molecular formula is C18H20FN3O3. The van der Waals surface area contributed by atoms with Crippen molar-refractivity contribution in [1.29, 1.82) is 0 Å². The molecule has 1 fully saturated rings. The third kappa shape index (κ3) is 3.88. The molecule has 0 atom stereocenters. The van der Waals surface area contributed by atoms with Crippen LogP contribution in [-0.2, 0) is 4.74 Å². The van der Waals surface area contributed by atoms with Crippen molar-refractivity contribution in [3.8, 4) is 0 Å². The summed E-state index contributed by atoms with van der Waals surface area (Å²) in [6.07, 6.45) is 1.44. The molecule has 2 heterocycles. The monoisotopic (exact) mass is 345 g/mol. The zero-order chi connectivity index (χ0) is 17.8. The van der Waals surface area contributed by atoms with Crippen molar-refractivity contribution in [3.05, 3.63) is 53.2 Å². The summed E-state index contributed by atoms with van der Waals surface area (Å²) >= 11 is 0. The van der Waals surface area contributed by atoms with Crippen LogP contribution >= 0.6 is 0 Å². The van der Waals surface area contributed by atoms with Crippen LogP contribution in [0.1, 0.15) is 28.6 Å². The topological polar surface area (TPSA) is 67.1 Å². The molecule has 1 aliphatic rings. The Bertz CT molecular complexity index is 795. The number of anilines is 1. The predicted molar refractivity (Wildman–Crippen MR) is 92.6 cm³/mol. The van der Waals surface area contributed by atoms with Crippen molar-refractivity contribution in [2.24, 2.45) is 5.10 Å². The summed E-state index contributed by atoms with van der Waals surface area (Å²) in [5.41, 5.74) is 4.56. The number of aryl methyl sites for hydroxylation is 1. The third-order valence-corrected chi connectivity index (χ3v) is 4.15. The maximum absolute atomic E-state index is 14.4. The van der Waals surface area contributed by atoms with Gasteiger partial charge in [0.05, 0.1) is 36.4 Å². The number of benzene rings is 1. The van der Waals surface area contributed by atoms with Gasteiger partial charge in [0.15, 0.2) is 0 Å². The molecule has 3 rings (SSSR count). The highest BCUT2D eigenvalue weighted by Crippen LogP contribution is 2.22. The molecule has 1 amide bonds. The highest BCUT2D eigenvalue weighted by molar-refractivity contribution is 6.01. The molecule has 0 spiro atoms. The van der Waals surface area contributed by atoms with E-state index in [0.29, 0.717) is 54.6 Å². The molecule has 0 radical (unpaired) electrons. The smallest absolute Gasteiger partial charge is 0.274 e. The first-order valence-corrected chi connectivity index (χ1v) is 8.07. The minimum absolute atomic E-state index is 0.314. The van der Waals surface area contributed by atoms with Crippen molar-refractivity contribution in [1.82, 2.24) is 5.43 Å². The molecule has 1 aromatic carbocycles. The zero-order valence-corrected chi connectivity index (χ0v) is 14.2. The van der Waals surface area contributed by atoms with E-state index in [1.165, 1.54) is 12.3 Å². The minimum atomic E-state index is -0.365. The number of hydrazone groups is 1. The van der Waals surface area contributed by atoms with Gasteiger partial charge in [0, 0.05) is 18.7 Å². The molecule has 6 nitrogen and oxygen atoms in total. The highest BCUT2D eigenvalue weighted by atomic mass is 19.1. The molecule has 132 valence electrons. The summed E-state index contributed by atoms with van der Waals surface area (Å²) in [7, 11) is 0. The largest absolute Gasteiger partial charge is 0.469 e. The maximum Gasteiger partial charge on any atom is 0.274 e. The molecule has 2 aromatic rings. The maximum atomic E-state index is 14.4. The molecular weight excluding hydrogens is 325 g/mol. The summed E-state index contributed by atoms with van der Waals surface area (Å²) in [5.74, 6) is -0.159. The van der Waals surface area contributed by atoms with Crippen LogP contribution in [0.3, 0.4) is 0 Å². The fourth-order valence-corrected chi connectivity index (χ4v) is 2.67. The summed E-state index contributed by atoms with van der Waals surface area (Å²) in [5, 5.41) is 4.05. The lowest BCUT2D eigenvalue weighted by Gasteiger charge is -2.29. The number of amides is 1. The van der Waals surface area contributed by atoms with Gasteiger partial charge < -0.3 is 14.1 Å². The standard InChI is InChI=1S/C18H20FN3O3/c1-12(20-21-18(23)15-5-8-25-13(15)2)14-3-4-17(16(19)11-14)22-6-9-24-10-7-22/h3-5,8,11H,6-7,9-10H2,1-2H3,(H,21,23). The van der Waals surface area contributed by atoms with Crippen LogP contribution in [0.5, 0.6) is 0 Å². The van der Waals surface area contributed by atoms with E-state index in [0.717, 1.165) is 0 Å². The van der Waals surface area contributed by atoms with E-state index in [1.807, 2.05) is 4.90 Å². The number of ether oxygens (including phenoxy) is 1.